The van der Waals surface area contributed by atoms with E-state index in [1.807, 2.05) is 0 Å². The molecule has 0 saturated heterocycles. The lowest BCUT2D eigenvalue weighted by atomic mass is 9.83. The Morgan fingerprint density at radius 2 is 0.870 bits per heavy atom. The van der Waals surface area contributed by atoms with Crippen LogP contribution in [0.25, 0.3) is 0 Å². The fourth-order valence-electron chi connectivity index (χ4n) is 3.91. The number of rotatable bonds is 18. The minimum atomic E-state index is 1.01. The minimum Gasteiger partial charge on any atom is -0.0654 e. The summed E-state index contributed by atoms with van der Waals surface area (Å²) in [5, 5.41) is 0. The van der Waals surface area contributed by atoms with Gasteiger partial charge in [-0.15, -0.1) is 0 Å². The zero-order valence-corrected chi connectivity index (χ0v) is 17.2. The molecule has 2 atom stereocenters. The predicted molar refractivity (Wildman–Crippen MR) is 108 cm³/mol. The fourth-order valence-corrected chi connectivity index (χ4v) is 3.91. The van der Waals surface area contributed by atoms with Gasteiger partial charge in [0.05, 0.1) is 0 Å². The van der Waals surface area contributed by atoms with Crippen LogP contribution in [0.1, 0.15) is 137 Å². The number of hydrogen-bond acceptors (Lipinski definition) is 0. The molecular weight excluding hydrogens is 276 g/mol. The highest BCUT2D eigenvalue weighted by atomic mass is 14.2. The van der Waals surface area contributed by atoms with Crippen LogP contribution in [0.15, 0.2) is 0 Å². The summed E-state index contributed by atoms with van der Waals surface area (Å²) in [5.41, 5.74) is 0. The predicted octanol–water partition coefficient (Wildman–Crippen LogP) is 8.93. The Balaban J connectivity index is 3.98. The zero-order chi connectivity index (χ0) is 17.2. The van der Waals surface area contributed by atoms with E-state index in [1.165, 1.54) is 109 Å². The minimum absolute atomic E-state index is 1.01. The molecule has 0 bridgehead atoms. The molecule has 0 radical (unpaired) electrons. The summed E-state index contributed by atoms with van der Waals surface area (Å²) < 4.78 is 0. The second-order valence-corrected chi connectivity index (χ2v) is 7.92. The van der Waals surface area contributed by atoms with Crippen molar-refractivity contribution in [1.29, 1.82) is 0 Å². The van der Waals surface area contributed by atoms with Gasteiger partial charge in [-0.2, -0.15) is 0 Å². The van der Waals surface area contributed by atoms with E-state index >= 15 is 0 Å². The molecular formula is C23H48. The summed E-state index contributed by atoms with van der Waals surface area (Å²) in [7, 11) is 0. The van der Waals surface area contributed by atoms with Crippen LogP contribution in [0.2, 0.25) is 0 Å². The normalized spacial score (nSPS) is 14.1. The molecule has 0 aromatic heterocycles. The van der Waals surface area contributed by atoms with E-state index < -0.39 is 0 Å². The van der Waals surface area contributed by atoms with E-state index in [9.17, 15) is 0 Å². The van der Waals surface area contributed by atoms with Crippen LogP contribution in [0.5, 0.6) is 0 Å². The van der Waals surface area contributed by atoms with Crippen molar-refractivity contribution in [1.82, 2.24) is 0 Å². The molecule has 0 aliphatic carbocycles. The summed E-state index contributed by atoms with van der Waals surface area (Å²) >= 11 is 0. The number of hydrogen-bond donors (Lipinski definition) is 0. The number of unbranched alkanes of at least 4 members (excludes halogenated alkanes) is 9. The first kappa shape index (κ1) is 23.0. The molecule has 0 spiro atoms. The average molecular weight is 325 g/mol. The summed E-state index contributed by atoms with van der Waals surface area (Å²) in [6.07, 6.45) is 24.7. The fraction of sp³-hybridized carbons (Fsp3) is 1.00. The topological polar surface area (TPSA) is 0 Å². The summed E-state index contributed by atoms with van der Waals surface area (Å²) in [6.45, 7) is 9.41. The second-order valence-electron chi connectivity index (χ2n) is 7.92. The van der Waals surface area contributed by atoms with Gasteiger partial charge in [-0.25, -0.2) is 0 Å². The van der Waals surface area contributed by atoms with Crippen LogP contribution in [0.4, 0.5) is 0 Å². The molecule has 0 aromatic carbocycles. The highest BCUT2D eigenvalue weighted by Gasteiger charge is 2.15. The maximum absolute atomic E-state index is 2.43. The van der Waals surface area contributed by atoms with Gasteiger partial charge < -0.3 is 0 Å². The van der Waals surface area contributed by atoms with Crippen LogP contribution in [-0.2, 0) is 0 Å². The Kier molecular flexibility index (Phi) is 18.3. The Morgan fingerprint density at radius 1 is 0.435 bits per heavy atom. The van der Waals surface area contributed by atoms with Crippen molar-refractivity contribution in [3.63, 3.8) is 0 Å². The largest absolute Gasteiger partial charge is 0.0654 e. The first-order chi connectivity index (χ1) is 11.3. The molecule has 0 N–H and O–H groups in total. The summed E-state index contributed by atoms with van der Waals surface area (Å²) in [5.74, 6) is 2.03. The van der Waals surface area contributed by atoms with Gasteiger partial charge >= 0.3 is 0 Å². The molecule has 140 valence electrons. The average Bonchev–Trinajstić information content (AvgIpc) is 2.57. The molecule has 0 aliphatic heterocycles. The lowest BCUT2D eigenvalue weighted by Crippen LogP contribution is -2.09. The molecule has 0 rings (SSSR count). The monoisotopic (exact) mass is 324 g/mol. The second kappa shape index (κ2) is 18.3. The smallest absolute Gasteiger partial charge is 0.0412 e. The van der Waals surface area contributed by atoms with Gasteiger partial charge in [-0.3, -0.25) is 0 Å². The van der Waals surface area contributed by atoms with Crippen molar-refractivity contribution >= 4 is 0 Å². The lowest BCUT2D eigenvalue weighted by molar-refractivity contribution is 0.295. The van der Waals surface area contributed by atoms with Crippen molar-refractivity contribution in [2.45, 2.75) is 137 Å². The first-order valence-electron chi connectivity index (χ1n) is 11.3. The Hall–Kier alpha value is 0. The molecule has 0 amide bonds. The van der Waals surface area contributed by atoms with E-state index in [4.69, 9.17) is 0 Å². The SMILES string of the molecule is CCCCCCCC(CC)CC(CCCC)CCCCCCC. The molecule has 0 fully saturated rings. The molecule has 0 nitrogen and oxygen atoms in total. The molecule has 0 aromatic rings. The zero-order valence-electron chi connectivity index (χ0n) is 17.2. The van der Waals surface area contributed by atoms with Gasteiger partial charge in [0.2, 0.25) is 0 Å². The van der Waals surface area contributed by atoms with Gasteiger partial charge in [0.15, 0.2) is 0 Å². The summed E-state index contributed by atoms with van der Waals surface area (Å²) in [4.78, 5) is 0. The van der Waals surface area contributed by atoms with Gasteiger partial charge in [0, 0.05) is 0 Å². The molecule has 0 aliphatic rings. The summed E-state index contributed by atoms with van der Waals surface area (Å²) in [6, 6.07) is 0. The van der Waals surface area contributed by atoms with Crippen molar-refractivity contribution < 1.29 is 0 Å². The highest BCUT2D eigenvalue weighted by molar-refractivity contribution is 4.67. The molecule has 23 heavy (non-hydrogen) atoms. The van der Waals surface area contributed by atoms with Gasteiger partial charge in [-0.05, 0) is 18.3 Å². The van der Waals surface area contributed by atoms with Crippen LogP contribution in [-0.4, -0.2) is 0 Å². The van der Waals surface area contributed by atoms with E-state index in [0.29, 0.717) is 0 Å². The van der Waals surface area contributed by atoms with Crippen LogP contribution in [0, 0.1) is 11.8 Å². The van der Waals surface area contributed by atoms with Crippen molar-refractivity contribution in [2.75, 3.05) is 0 Å². The van der Waals surface area contributed by atoms with E-state index in [1.54, 1.807) is 0 Å². The van der Waals surface area contributed by atoms with E-state index in [2.05, 4.69) is 27.7 Å². The van der Waals surface area contributed by atoms with E-state index in [-0.39, 0.29) is 0 Å². The maximum atomic E-state index is 2.43. The standard InChI is InChI=1S/C23H48/c1-5-9-12-14-16-19-22(8-4)21-23(18-11-7-3)20-17-15-13-10-6-2/h22-23H,5-21H2,1-4H3. The van der Waals surface area contributed by atoms with Gasteiger partial charge in [0.25, 0.3) is 0 Å². The van der Waals surface area contributed by atoms with E-state index in [0.717, 1.165) is 11.8 Å². The Morgan fingerprint density at radius 3 is 1.35 bits per heavy atom. The highest BCUT2D eigenvalue weighted by Crippen LogP contribution is 2.29. The van der Waals surface area contributed by atoms with Crippen molar-refractivity contribution in [3.8, 4) is 0 Å². The van der Waals surface area contributed by atoms with Crippen LogP contribution in [0.3, 0.4) is 0 Å². The molecule has 2 unspecified atom stereocenters. The van der Waals surface area contributed by atoms with Gasteiger partial charge in [-0.1, -0.05) is 130 Å². The lowest BCUT2D eigenvalue weighted by Gasteiger charge is -2.23. The third-order valence-electron chi connectivity index (χ3n) is 5.64. The third kappa shape index (κ3) is 15.3. The molecule has 0 saturated carbocycles. The van der Waals surface area contributed by atoms with Crippen molar-refractivity contribution in [3.05, 3.63) is 0 Å². The first-order valence-corrected chi connectivity index (χ1v) is 11.3. The third-order valence-corrected chi connectivity index (χ3v) is 5.64. The van der Waals surface area contributed by atoms with Crippen LogP contribution < -0.4 is 0 Å². The van der Waals surface area contributed by atoms with Crippen molar-refractivity contribution in [2.24, 2.45) is 11.8 Å². The van der Waals surface area contributed by atoms with Gasteiger partial charge in [0.1, 0.15) is 0 Å². The Bertz CT molecular complexity index is 208. The maximum Gasteiger partial charge on any atom is -0.0412 e. The van der Waals surface area contributed by atoms with Crippen LogP contribution >= 0.6 is 0 Å². The molecule has 0 heteroatoms. The quantitative estimate of drug-likeness (QED) is 0.221. The molecule has 0 heterocycles. The Labute approximate surface area is 149 Å².